The van der Waals surface area contributed by atoms with Crippen LogP contribution in [0.15, 0.2) is 30.3 Å². The molecule has 20 heavy (non-hydrogen) atoms. The minimum atomic E-state index is -0.854. The first-order chi connectivity index (χ1) is 9.54. The average Bonchev–Trinajstić information content (AvgIpc) is 2.74. The van der Waals surface area contributed by atoms with Gasteiger partial charge in [-0.2, -0.15) is 0 Å². The van der Waals surface area contributed by atoms with Gasteiger partial charge in [0.05, 0.1) is 11.3 Å². The highest BCUT2D eigenvalue weighted by molar-refractivity contribution is 5.94. The molecule has 0 unspecified atom stereocenters. The van der Waals surface area contributed by atoms with E-state index < -0.39 is 17.6 Å². The molecule has 0 spiro atoms. The molecular weight excluding hydrogens is 268 g/mol. The van der Waals surface area contributed by atoms with Crippen LogP contribution in [0.1, 0.15) is 15.9 Å². The van der Waals surface area contributed by atoms with Crippen molar-refractivity contribution in [2.45, 2.75) is 6.61 Å². The molecule has 2 aromatic carbocycles. The Morgan fingerprint density at radius 2 is 1.95 bits per heavy atom. The van der Waals surface area contributed by atoms with Crippen molar-refractivity contribution >= 4 is 11.7 Å². The van der Waals surface area contributed by atoms with Crippen molar-refractivity contribution in [1.29, 1.82) is 0 Å². The lowest BCUT2D eigenvalue weighted by Gasteiger charge is -2.10. The van der Waals surface area contributed by atoms with Gasteiger partial charge >= 0.3 is 5.97 Å². The number of hydrogen-bond acceptors (Lipinski definition) is 4. The lowest BCUT2D eigenvalue weighted by molar-refractivity contribution is 0.0535. The van der Waals surface area contributed by atoms with E-state index in [-0.39, 0.29) is 23.8 Å². The Balaban J connectivity index is 1.99. The van der Waals surface area contributed by atoms with Gasteiger partial charge in [-0.15, -0.1) is 0 Å². The largest absolute Gasteiger partial charge is 0.457 e. The van der Waals surface area contributed by atoms with Gasteiger partial charge < -0.3 is 15.2 Å². The minimum Gasteiger partial charge on any atom is -0.457 e. The molecule has 2 N–H and O–H groups in total. The van der Waals surface area contributed by atoms with Gasteiger partial charge in [0.2, 0.25) is 0 Å². The first-order valence-corrected chi connectivity index (χ1v) is 5.77. The van der Waals surface area contributed by atoms with Crippen molar-refractivity contribution in [1.82, 2.24) is 0 Å². The van der Waals surface area contributed by atoms with Gasteiger partial charge in [-0.05, 0) is 24.3 Å². The topological polar surface area (TPSA) is 61.5 Å². The molecule has 1 aliphatic rings. The van der Waals surface area contributed by atoms with Crippen LogP contribution in [-0.4, -0.2) is 5.97 Å². The molecule has 1 aliphatic heterocycles. The number of nitrogen functional groups attached to an aromatic ring is 1. The third kappa shape index (κ3) is 2.05. The molecule has 0 amide bonds. The Labute approximate surface area is 112 Å². The van der Waals surface area contributed by atoms with E-state index in [1.807, 2.05) is 0 Å². The summed E-state index contributed by atoms with van der Waals surface area (Å²) >= 11 is 0. The van der Waals surface area contributed by atoms with Crippen LogP contribution in [0, 0.1) is 11.6 Å². The van der Waals surface area contributed by atoms with Gasteiger partial charge in [0.1, 0.15) is 12.4 Å². The van der Waals surface area contributed by atoms with Crippen LogP contribution in [0.2, 0.25) is 0 Å². The molecule has 6 heteroatoms. The lowest BCUT2D eigenvalue weighted by atomic mass is 10.1. The highest BCUT2D eigenvalue weighted by Crippen LogP contribution is 2.34. The second kappa shape index (κ2) is 4.48. The minimum absolute atomic E-state index is 0.119. The number of cyclic esters (lactones) is 1. The summed E-state index contributed by atoms with van der Waals surface area (Å²) in [7, 11) is 0. The summed E-state index contributed by atoms with van der Waals surface area (Å²) in [6.45, 7) is 0.156. The number of carbonyl (C=O) groups excluding carboxylic acids is 1. The average molecular weight is 277 g/mol. The van der Waals surface area contributed by atoms with Crippen molar-refractivity contribution in [3.05, 3.63) is 53.1 Å². The SMILES string of the molecule is Nc1cc2c(cc1Oc1ccc(F)cc1F)C(=O)OC2. The van der Waals surface area contributed by atoms with Gasteiger partial charge in [0.25, 0.3) is 0 Å². The molecule has 2 aromatic rings. The Bertz CT molecular complexity index is 716. The zero-order valence-corrected chi connectivity index (χ0v) is 10.2. The van der Waals surface area contributed by atoms with E-state index in [0.29, 0.717) is 17.2 Å². The molecule has 1 heterocycles. The number of halogens is 2. The molecule has 102 valence electrons. The second-order valence-electron chi connectivity index (χ2n) is 4.30. The summed E-state index contributed by atoms with van der Waals surface area (Å²) in [6, 6.07) is 5.85. The standard InChI is InChI=1S/C14H9F2NO3/c15-8-1-2-12(10(16)4-8)20-13-5-9-7(3-11(13)17)6-19-14(9)18/h1-5H,6,17H2. The molecule has 4 nitrogen and oxygen atoms in total. The lowest BCUT2D eigenvalue weighted by Crippen LogP contribution is -1.99. The van der Waals surface area contributed by atoms with Crippen molar-refractivity contribution in [3.63, 3.8) is 0 Å². The number of benzene rings is 2. The summed E-state index contributed by atoms with van der Waals surface area (Å²) in [5.41, 5.74) is 7.00. The van der Waals surface area contributed by atoms with E-state index in [4.69, 9.17) is 15.2 Å². The number of rotatable bonds is 2. The van der Waals surface area contributed by atoms with Crippen LogP contribution >= 0.6 is 0 Å². The molecule has 3 rings (SSSR count). The number of hydrogen-bond donors (Lipinski definition) is 1. The Morgan fingerprint density at radius 3 is 2.70 bits per heavy atom. The summed E-state index contributed by atoms with van der Waals surface area (Å²) in [6.07, 6.45) is 0. The predicted molar refractivity (Wildman–Crippen MR) is 66.4 cm³/mol. The van der Waals surface area contributed by atoms with Gasteiger partial charge in [0, 0.05) is 11.6 Å². The quantitative estimate of drug-likeness (QED) is 0.677. The van der Waals surface area contributed by atoms with E-state index in [0.717, 1.165) is 12.1 Å². The molecular formula is C14H9F2NO3. The van der Waals surface area contributed by atoms with Gasteiger partial charge in [-0.25, -0.2) is 13.6 Å². The molecule has 0 fully saturated rings. The third-order valence-electron chi connectivity index (χ3n) is 2.93. The van der Waals surface area contributed by atoms with E-state index in [1.54, 1.807) is 0 Å². The second-order valence-corrected chi connectivity index (χ2v) is 4.30. The Morgan fingerprint density at radius 1 is 1.15 bits per heavy atom. The number of anilines is 1. The van der Waals surface area contributed by atoms with Crippen LogP contribution in [0.3, 0.4) is 0 Å². The summed E-state index contributed by atoms with van der Waals surface area (Å²) < 4.78 is 36.5. The number of esters is 1. The maximum absolute atomic E-state index is 13.5. The number of fused-ring (bicyclic) bond motifs is 1. The molecule has 0 saturated carbocycles. The smallest absolute Gasteiger partial charge is 0.339 e. The zero-order chi connectivity index (χ0) is 14.3. The number of carbonyl (C=O) groups is 1. The molecule has 0 saturated heterocycles. The van der Waals surface area contributed by atoms with Gasteiger partial charge in [-0.1, -0.05) is 0 Å². The Hall–Kier alpha value is -2.63. The summed E-state index contributed by atoms with van der Waals surface area (Å²) in [5.74, 6) is -2.10. The van der Waals surface area contributed by atoms with E-state index in [2.05, 4.69) is 0 Å². The fourth-order valence-electron chi connectivity index (χ4n) is 1.94. The fourth-order valence-corrected chi connectivity index (χ4v) is 1.94. The predicted octanol–water partition coefficient (Wildman–Crippen LogP) is 3.01. The molecule has 0 radical (unpaired) electrons. The van der Waals surface area contributed by atoms with Crippen molar-refractivity contribution in [2.24, 2.45) is 0 Å². The van der Waals surface area contributed by atoms with E-state index in [1.165, 1.54) is 12.1 Å². The van der Waals surface area contributed by atoms with Crippen LogP contribution < -0.4 is 10.5 Å². The van der Waals surface area contributed by atoms with Crippen LogP contribution in [0.4, 0.5) is 14.5 Å². The Kier molecular flexibility index (Phi) is 2.78. The van der Waals surface area contributed by atoms with E-state index in [9.17, 15) is 13.6 Å². The zero-order valence-electron chi connectivity index (χ0n) is 10.2. The van der Waals surface area contributed by atoms with Crippen LogP contribution in [0.5, 0.6) is 11.5 Å². The fraction of sp³-hybridized carbons (Fsp3) is 0.0714. The molecule has 0 bridgehead atoms. The first-order valence-electron chi connectivity index (χ1n) is 5.77. The maximum Gasteiger partial charge on any atom is 0.339 e. The molecule has 0 aliphatic carbocycles. The highest BCUT2D eigenvalue weighted by atomic mass is 19.1. The molecule has 0 aromatic heterocycles. The van der Waals surface area contributed by atoms with E-state index >= 15 is 0 Å². The third-order valence-corrected chi connectivity index (χ3v) is 2.93. The normalized spacial score (nSPS) is 13.0. The first kappa shape index (κ1) is 12.4. The van der Waals surface area contributed by atoms with Crippen LogP contribution in [-0.2, 0) is 11.3 Å². The number of ether oxygens (including phenoxy) is 2. The monoisotopic (exact) mass is 277 g/mol. The summed E-state index contributed by atoms with van der Waals surface area (Å²) in [5, 5.41) is 0. The van der Waals surface area contributed by atoms with Gasteiger partial charge in [-0.3, -0.25) is 0 Å². The van der Waals surface area contributed by atoms with Crippen LogP contribution in [0.25, 0.3) is 0 Å². The maximum atomic E-state index is 13.5. The summed E-state index contributed by atoms with van der Waals surface area (Å²) in [4.78, 5) is 11.5. The van der Waals surface area contributed by atoms with Gasteiger partial charge in [0.15, 0.2) is 17.3 Å². The van der Waals surface area contributed by atoms with Crippen molar-refractivity contribution in [3.8, 4) is 11.5 Å². The number of nitrogens with two attached hydrogens (primary N) is 1. The van der Waals surface area contributed by atoms with Crippen molar-refractivity contribution in [2.75, 3.05) is 5.73 Å². The molecule has 0 atom stereocenters. The van der Waals surface area contributed by atoms with Crippen molar-refractivity contribution < 1.29 is 23.0 Å². The highest BCUT2D eigenvalue weighted by Gasteiger charge is 2.23.